The summed E-state index contributed by atoms with van der Waals surface area (Å²) in [6, 6.07) is 9.41. The minimum absolute atomic E-state index is 0.0518. The molecule has 2 fully saturated rings. The van der Waals surface area contributed by atoms with Gasteiger partial charge in [-0.15, -0.1) is 0 Å². The first kappa shape index (κ1) is 17.8. The number of aliphatic hydroxyl groups excluding tert-OH is 1. The van der Waals surface area contributed by atoms with E-state index in [0.29, 0.717) is 0 Å². The second-order valence-corrected chi connectivity index (χ2v) is 8.16. The quantitative estimate of drug-likeness (QED) is 0.830. The predicted octanol–water partition coefficient (Wildman–Crippen LogP) is 2.59. The number of amides is 1. The highest BCUT2D eigenvalue weighted by Gasteiger charge is 2.40. The van der Waals surface area contributed by atoms with Crippen LogP contribution in [0.1, 0.15) is 43.8 Å². The van der Waals surface area contributed by atoms with Gasteiger partial charge in [-0.2, -0.15) is 11.8 Å². The van der Waals surface area contributed by atoms with Gasteiger partial charge in [0.2, 0.25) is 5.91 Å². The second kappa shape index (κ2) is 8.37. The monoisotopic (exact) mass is 348 g/mol. The number of hydrogen-bond acceptors (Lipinski definition) is 4. The van der Waals surface area contributed by atoms with Crippen molar-refractivity contribution in [2.75, 3.05) is 31.1 Å². The van der Waals surface area contributed by atoms with Gasteiger partial charge in [-0.25, -0.2) is 0 Å². The summed E-state index contributed by atoms with van der Waals surface area (Å²) in [5, 5.41) is 13.3. The van der Waals surface area contributed by atoms with Crippen molar-refractivity contribution in [1.82, 2.24) is 10.2 Å². The Kier molecular flexibility index (Phi) is 6.19. The minimum Gasteiger partial charge on any atom is -0.388 e. The maximum atomic E-state index is 12.3. The van der Waals surface area contributed by atoms with Crippen LogP contribution >= 0.6 is 11.8 Å². The number of hydrogen-bond donors (Lipinski definition) is 2. The number of nitrogens with one attached hydrogen (secondary N) is 1. The van der Waals surface area contributed by atoms with Crippen molar-refractivity contribution in [3.63, 3.8) is 0 Å². The molecule has 0 radical (unpaired) electrons. The molecule has 3 rings (SSSR count). The molecule has 24 heavy (non-hydrogen) atoms. The van der Waals surface area contributed by atoms with E-state index in [1.165, 1.54) is 37.2 Å². The van der Waals surface area contributed by atoms with E-state index >= 15 is 0 Å². The molecular weight excluding hydrogens is 320 g/mol. The summed E-state index contributed by atoms with van der Waals surface area (Å²) >= 11 is 2.02. The molecule has 5 heteroatoms. The molecule has 0 spiro atoms. The van der Waals surface area contributed by atoms with E-state index in [0.717, 1.165) is 25.2 Å². The van der Waals surface area contributed by atoms with E-state index in [9.17, 15) is 9.90 Å². The number of carbonyl (C=O) groups is 1. The SMILES string of the molecule is O=C(CC(O)c1ccccc1)NCC1(N2CCSCC2)CCCC1. The molecule has 0 aromatic heterocycles. The summed E-state index contributed by atoms with van der Waals surface area (Å²) in [4.78, 5) is 14.9. The van der Waals surface area contributed by atoms with Crippen molar-refractivity contribution in [2.45, 2.75) is 43.7 Å². The third kappa shape index (κ3) is 4.32. The van der Waals surface area contributed by atoms with Gasteiger partial charge < -0.3 is 10.4 Å². The number of aliphatic hydroxyl groups is 1. The van der Waals surface area contributed by atoms with Crippen LogP contribution in [0.25, 0.3) is 0 Å². The number of nitrogens with zero attached hydrogens (tertiary/aromatic N) is 1. The lowest BCUT2D eigenvalue weighted by molar-refractivity contribution is -0.123. The van der Waals surface area contributed by atoms with E-state index < -0.39 is 6.10 Å². The molecule has 2 N–H and O–H groups in total. The standard InChI is InChI=1S/C19H28N2O2S/c22-17(16-6-2-1-3-7-16)14-18(23)20-15-19(8-4-5-9-19)21-10-12-24-13-11-21/h1-3,6-7,17,22H,4-5,8-15H2,(H,20,23). The lowest BCUT2D eigenvalue weighted by Crippen LogP contribution is -2.56. The Morgan fingerprint density at radius 1 is 1.21 bits per heavy atom. The number of rotatable bonds is 6. The van der Waals surface area contributed by atoms with Crippen LogP contribution in [-0.2, 0) is 4.79 Å². The van der Waals surface area contributed by atoms with E-state index in [1.807, 2.05) is 42.1 Å². The van der Waals surface area contributed by atoms with Gasteiger partial charge in [-0.05, 0) is 18.4 Å². The Bertz CT molecular complexity index is 525. The van der Waals surface area contributed by atoms with Gasteiger partial charge in [0.25, 0.3) is 0 Å². The van der Waals surface area contributed by atoms with E-state index in [4.69, 9.17) is 0 Å². The molecule has 2 aliphatic rings. The van der Waals surface area contributed by atoms with Gasteiger partial charge in [0, 0.05) is 36.7 Å². The molecule has 1 aromatic rings. The van der Waals surface area contributed by atoms with E-state index in [2.05, 4.69) is 10.2 Å². The average molecular weight is 349 g/mol. The number of thioether (sulfide) groups is 1. The summed E-state index contributed by atoms with van der Waals surface area (Å²) in [5.41, 5.74) is 0.949. The summed E-state index contributed by atoms with van der Waals surface area (Å²) in [5.74, 6) is 2.34. The first-order valence-corrected chi connectivity index (χ1v) is 10.2. The Labute approximate surface area is 149 Å². The topological polar surface area (TPSA) is 52.6 Å². The van der Waals surface area contributed by atoms with Crippen molar-refractivity contribution < 1.29 is 9.90 Å². The molecule has 1 saturated heterocycles. The molecule has 1 heterocycles. The highest BCUT2D eigenvalue weighted by molar-refractivity contribution is 7.99. The fraction of sp³-hybridized carbons (Fsp3) is 0.632. The fourth-order valence-electron chi connectivity index (χ4n) is 3.98. The molecule has 1 amide bonds. The molecule has 0 bridgehead atoms. The van der Waals surface area contributed by atoms with Gasteiger partial charge in [-0.3, -0.25) is 9.69 Å². The summed E-state index contributed by atoms with van der Waals surface area (Å²) < 4.78 is 0. The van der Waals surface area contributed by atoms with E-state index in [-0.39, 0.29) is 17.9 Å². The number of carbonyl (C=O) groups excluding carboxylic acids is 1. The van der Waals surface area contributed by atoms with Crippen molar-refractivity contribution in [3.05, 3.63) is 35.9 Å². The maximum Gasteiger partial charge on any atom is 0.223 e. The van der Waals surface area contributed by atoms with Crippen LogP contribution in [0.4, 0.5) is 0 Å². The Balaban J connectivity index is 1.53. The first-order valence-electron chi connectivity index (χ1n) is 9.02. The van der Waals surface area contributed by atoms with Gasteiger partial charge in [0.05, 0.1) is 12.5 Å². The van der Waals surface area contributed by atoms with Crippen LogP contribution in [-0.4, -0.2) is 52.6 Å². The third-order valence-corrected chi connectivity index (χ3v) is 6.34. The predicted molar refractivity (Wildman–Crippen MR) is 99.1 cm³/mol. The van der Waals surface area contributed by atoms with Crippen LogP contribution in [0.3, 0.4) is 0 Å². The highest BCUT2D eigenvalue weighted by atomic mass is 32.2. The zero-order valence-electron chi connectivity index (χ0n) is 14.2. The molecule has 1 aromatic carbocycles. The molecule has 132 valence electrons. The van der Waals surface area contributed by atoms with Gasteiger partial charge >= 0.3 is 0 Å². The molecule has 1 atom stereocenters. The third-order valence-electron chi connectivity index (χ3n) is 5.39. The lowest BCUT2D eigenvalue weighted by Gasteiger charge is -2.43. The Morgan fingerprint density at radius 3 is 2.54 bits per heavy atom. The smallest absolute Gasteiger partial charge is 0.223 e. The molecular formula is C19H28N2O2S. The van der Waals surface area contributed by atoms with Crippen LogP contribution in [0.5, 0.6) is 0 Å². The second-order valence-electron chi connectivity index (χ2n) is 6.94. The normalized spacial score (nSPS) is 22.2. The van der Waals surface area contributed by atoms with Crippen LogP contribution < -0.4 is 5.32 Å². The van der Waals surface area contributed by atoms with Crippen LogP contribution in [0.2, 0.25) is 0 Å². The highest BCUT2D eigenvalue weighted by Crippen LogP contribution is 2.36. The van der Waals surface area contributed by atoms with Crippen molar-refractivity contribution in [1.29, 1.82) is 0 Å². The van der Waals surface area contributed by atoms with Crippen LogP contribution in [0, 0.1) is 0 Å². The lowest BCUT2D eigenvalue weighted by atomic mass is 9.94. The zero-order chi connectivity index (χ0) is 16.8. The number of benzene rings is 1. The largest absolute Gasteiger partial charge is 0.388 e. The molecule has 1 aliphatic carbocycles. The zero-order valence-corrected chi connectivity index (χ0v) is 15.1. The Morgan fingerprint density at radius 2 is 1.88 bits per heavy atom. The molecule has 1 aliphatic heterocycles. The summed E-state index contributed by atoms with van der Waals surface area (Å²) in [7, 11) is 0. The molecule has 1 unspecified atom stereocenters. The fourth-order valence-corrected chi connectivity index (χ4v) is 4.88. The minimum atomic E-state index is -0.725. The van der Waals surface area contributed by atoms with Crippen LogP contribution in [0.15, 0.2) is 30.3 Å². The molecule has 4 nitrogen and oxygen atoms in total. The van der Waals surface area contributed by atoms with Gasteiger partial charge in [0.1, 0.15) is 0 Å². The summed E-state index contributed by atoms with van der Waals surface area (Å²) in [6.45, 7) is 2.98. The first-order chi connectivity index (χ1) is 11.7. The van der Waals surface area contributed by atoms with Gasteiger partial charge in [0.15, 0.2) is 0 Å². The van der Waals surface area contributed by atoms with Crippen molar-refractivity contribution >= 4 is 17.7 Å². The van der Waals surface area contributed by atoms with Crippen molar-refractivity contribution in [3.8, 4) is 0 Å². The summed E-state index contributed by atoms with van der Waals surface area (Å²) in [6.07, 6.45) is 4.28. The van der Waals surface area contributed by atoms with Crippen molar-refractivity contribution in [2.24, 2.45) is 0 Å². The average Bonchev–Trinajstić information content (AvgIpc) is 3.12. The van der Waals surface area contributed by atoms with Gasteiger partial charge in [-0.1, -0.05) is 43.2 Å². The van der Waals surface area contributed by atoms with E-state index in [1.54, 1.807) is 0 Å². The maximum absolute atomic E-state index is 12.3. The Hall–Kier alpha value is -1.04. The molecule has 1 saturated carbocycles.